The third-order valence-corrected chi connectivity index (χ3v) is 7.10. The molecule has 0 N–H and O–H groups in total. The van der Waals surface area contributed by atoms with E-state index in [1.807, 2.05) is 4.90 Å². The van der Waals surface area contributed by atoms with Gasteiger partial charge in [0.25, 0.3) is 5.91 Å². The summed E-state index contributed by atoms with van der Waals surface area (Å²) in [7, 11) is 1.58. The minimum absolute atomic E-state index is 0.0761. The second kappa shape index (κ2) is 11.9. The number of nitrogens with zero attached hydrogens (tertiary/aromatic N) is 4. The quantitative estimate of drug-likeness (QED) is 0.603. The Morgan fingerprint density at radius 2 is 1.78 bits per heavy atom. The summed E-state index contributed by atoms with van der Waals surface area (Å²) in [5, 5.41) is 0. The fourth-order valence-corrected chi connectivity index (χ4v) is 5.03. The van der Waals surface area contributed by atoms with Gasteiger partial charge in [0.15, 0.2) is 0 Å². The van der Waals surface area contributed by atoms with Crippen molar-refractivity contribution in [2.45, 2.75) is 31.7 Å². The molecule has 4 heterocycles. The summed E-state index contributed by atoms with van der Waals surface area (Å²) >= 11 is 0. The van der Waals surface area contributed by atoms with Gasteiger partial charge in [-0.3, -0.25) is 14.6 Å². The monoisotopic (exact) mass is 446 g/mol. The standard InChI is InChI=1S/C24H38N4O4/c1-30-23-3-2-21(18-25-23)24(29)27-8-4-20(5-9-27)19-28(22-6-14-31-15-7-22)11-10-26-12-16-32-17-13-26/h2-3,18,20,22H,4-17,19H2,1H3. The number of rotatable bonds is 8. The minimum atomic E-state index is 0.0761. The molecule has 0 radical (unpaired) electrons. The Balaban J connectivity index is 1.28. The molecule has 3 fully saturated rings. The van der Waals surface area contributed by atoms with Crippen LogP contribution in [0.3, 0.4) is 0 Å². The Morgan fingerprint density at radius 3 is 2.44 bits per heavy atom. The van der Waals surface area contributed by atoms with Crippen LogP contribution in [0.25, 0.3) is 0 Å². The van der Waals surface area contributed by atoms with E-state index in [1.54, 1.807) is 25.4 Å². The Hall–Kier alpha value is -1.74. The molecule has 0 spiro atoms. The lowest BCUT2D eigenvalue weighted by Gasteiger charge is -2.40. The molecule has 1 amide bonds. The van der Waals surface area contributed by atoms with Crippen molar-refractivity contribution >= 4 is 5.91 Å². The smallest absolute Gasteiger partial charge is 0.255 e. The SMILES string of the molecule is COc1ccc(C(=O)N2CCC(CN(CCN3CCOCC3)C3CCOCC3)CC2)cn1. The van der Waals surface area contributed by atoms with E-state index in [4.69, 9.17) is 14.2 Å². The van der Waals surface area contributed by atoms with Crippen molar-refractivity contribution in [3.05, 3.63) is 23.9 Å². The summed E-state index contributed by atoms with van der Waals surface area (Å²) in [6, 6.07) is 4.17. The first kappa shape index (κ1) is 23.4. The van der Waals surface area contributed by atoms with Gasteiger partial charge in [-0.05, 0) is 37.7 Å². The number of hydrogen-bond acceptors (Lipinski definition) is 7. The number of methoxy groups -OCH3 is 1. The Labute approximate surface area is 191 Å². The van der Waals surface area contributed by atoms with Gasteiger partial charge >= 0.3 is 0 Å². The molecule has 8 nitrogen and oxygen atoms in total. The number of ether oxygens (including phenoxy) is 3. The summed E-state index contributed by atoms with van der Waals surface area (Å²) < 4.78 is 16.2. The van der Waals surface area contributed by atoms with Gasteiger partial charge in [-0.2, -0.15) is 0 Å². The van der Waals surface area contributed by atoms with E-state index < -0.39 is 0 Å². The number of aromatic nitrogens is 1. The summed E-state index contributed by atoms with van der Waals surface area (Å²) in [6.07, 6.45) is 6.00. The van der Waals surface area contributed by atoms with Crippen LogP contribution in [0, 0.1) is 5.92 Å². The van der Waals surface area contributed by atoms with Crippen molar-refractivity contribution in [3.63, 3.8) is 0 Å². The topological polar surface area (TPSA) is 67.4 Å². The molecule has 0 aromatic carbocycles. The van der Waals surface area contributed by atoms with E-state index in [0.29, 0.717) is 23.4 Å². The normalized spacial score (nSPS) is 21.8. The second-order valence-corrected chi connectivity index (χ2v) is 9.12. The number of morpholine rings is 1. The van der Waals surface area contributed by atoms with Crippen LogP contribution in [-0.2, 0) is 9.47 Å². The van der Waals surface area contributed by atoms with Gasteiger partial charge in [-0.15, -0.1) is 0 Å². The zero-order valence-electron chi connectivity index (χ0n) is 19.4. The van der Waals surface area contributed by atoms with Gasteiger partial charge in [0.2, 0.25) is 5.88 Å². The zero-order valence-corrected chi connectivity index (χ0v) is 19.4. The summed E-state index contributed by atoms with van der Waals surface area (Å²) in [5.74, 6) is 1.25. The van der Waals surface area contributed by atoms with Gasteiger partial charge in [0, 0.05) is 77.3 Å². The number of likely N-dealkylation sites (tertiary alicyclic amines) is 1. The highest BCUT2D eigenvalue weighted by molar-refractivity contribution is 5.94. The van der Waals surface area contributed by atoms with Crippen molar-refractivity contribution in [1.82, 2.24) is 19.7 Å². The van der Waals surface area contributed by atoms with Gasteiger partial charge in [-0.1, -0.05) is 0 Å². The molecule has 3 aliphatic heterocycles. The molecule has 1 aromatic heterocycles. The van der Waals surface area contributed by atoms with Gasteiger partial charge < -0.3 is 19.1 Å². The maximum absolute atomic E-state index is 12.9. The first-order chi connectivity index (χ1) is 15.7. The molecule has 0 saturated carbocycles. The van der Waals surface area contributed by atoms with E-state index >= 15 is 0 Å². The Kier molecular flexibility index (Phi) is 8.73. The molecule has 0 atom stereocenters. The molecule has 0 unspecified atom stereocenters. The van der Waals surface area contributed by atoms with Crippen LogP contribution in [0.5, 0.6) is 5.88 Å². The fraction of sp³-hybridized carbons (Fsp3) is 0.750. The zero-order chi connectivity index (χ0) is 22.2. The number of hydrogen-bond donors (Lipinski definition) is 0. The lowest BCUT2D eigenvalue weighted by molar-refractivity contribution is 0.00625. The molecule has 3 aliphatic rings. The Bertz CT molecular complexity index is 696. The average molecular weight is 447 g/mol. The van der Waals surface area contributed by atoms with Crippen LogP contribution < -0.4 is 4.74 Å². The van der Waals surface area contributed by atoms with E-state index in [9.17, 15) is 4.79 Å². The summed E-state index contributed by atoms with van der Waals surface area (Å²) in [4.78, 5) is 24.3. The highest BCUT2D eigenvalue weighted by Gasteiger charge is 2.29. The third kappa shape index (κ3) is 6.41. The molecule has 8 heteroatoms. The van der Waals surface area contributed by atoms with Crippen molar-refractivity contribution in [1.29, 1.82) is 0 Å². The van der Waals surface area contributed by atoms with Crippen LogP contribution in [0.15, 0.2) is 18.3 Å². The molecule has 32 heavy (non-hydrogen) atoms. The first-order valence-corrected chi connectivity index (χ1v) is 12.1. The predicted molar refractivity (Wildman–Crippen MR) is 122 cm³/mol. The molecule has 4 rings (SSSR count). The highest BCUT2D eigenvalue weighted by atomic mass is 16.5. The van der Waals surface area contributed by atoms with E-state index in [2.05, 4.69) is 14.8 Å². The van der Waals surface area contributed by atoms with E-state index in [0.717, 1.165) is 97.9 Å². The number of carbonyl (C=O) groups excluding carboxylic acids is 1. The molecule has 3 saturated heterocycles. The largest absolute Gasteiger partial charge is 0.481 e. The van der Waals surface area contributed by atoms with Crippen LogP contribution in [0.2, 0.25) is 0 Å². The first-order valence-electron chi connectivity index (χ1n) is 12.1. The fourth-order valence-electron chi connectivity index (χ4n) is 5.03. The minimum Gasteiger partial charge on any atom is -0.481 e. The third-order valence-electron chi connectivity index (χ3n) is 7.10. The maximum Gasteiger partial charge on any atom is 0.255 e. The molecule has 178 valence electrons. The van der Waals surface area contributed by atoms with Crippen molar-refractivity contribution in [2.75, 3.05) is 79.4 Å². The van der Waals surface area contributed by atoms with Crippen LogP contribution in [-0.4, -0.2) is 111 Å². The van der Waals surface area contributed by atoms with E-state index in [-0.39, 0.29) is 5.91 Å². The molecule has 0 aliphatic carbocycles. The Morgan fingerprint density at radius 1 is 1.06 bits per heavy atom. The lowest BCUT2D eigenvalue weighted by Crippen LogP contribution is -2.49. The van der Waals surface area contributed by atoms with Crippen molar-refractivity contribution < 1.29 is 19.0 Å². The summed E-state index contributed by atoms with van der Waals surface area (Å²) in [6.45, 7) is 10.5. The second-order valence-electron chi connectivity index (χ2n) is 9.12. The van der Waals surface area contributed by atoms with Gasteiger partial charge in [0.1, 0.15) is 0 Å². The summed E-state index contributed by atoms with van der Waals surface area (Å²) in [5.41, 5.74) is 0.638. The van der Waals surface area contributed by atoms with Gasteiger partial charge in [0.05, 0.1) is 25.9 Å². The van der Waals surface area contributed by atoms with Crippen LogP contribution >= 0.6 is 0 Å². The number of piperidine rings is 1. The van der Waals surface area contributed by atoms with E-state index in [1.165, 1.54) is 0 Å². The van der Waals surface area contributed by atoms with Crippen molar-refractivity contribution in [2.24, 2.45) is 5.92 Å². The number of amides is 1. The van der Waals surface area contributed by atoms with Crippen LogP contribution in [0.4, 0.5) is 0 Å². The van der Waals surface area contributed by atoms with Crippen LogP contribution in [0.1, 0.15) is 36.0 Å². The molecular formula is C24H38N4O4. The predicted octanol–water partition coefficient (Wildman–Crippen LogP) is 1.76. The molecule has 1 aromatic rings. The van der Waals surface area contributed by atoms with Gasteiger partial charge in [-0.25, -0.2) is 4.98 Å². The lowest BCUT2D eigenvalue weighted by atomic mass is 9.94. The molecular weight excluding hydrogens is 408 g/mol. The maximum atomic E-state index is 12.9. The molecule has 0 bridgehead atoms. The highest BCUT2D eigenvalue weighted by Crippen LogP contribution is 2.23. The average Bonchev–Trinajstić information content (AvgIpc) is 2.87. The number of pyridine rings is 1. The van der Waals surface area contributed by atoms with Crippen molar-refractivity contribution in [3.8, 4) is 5.88 Å². The number of carbonyl (C=O) groups is 1.